The summed E-state index contributed by atoms with van der Waals surface area (Å²) in [6, 6.07) is 6.51. The third-order valence-corrected chi connectivity index (χ3v) is 2.60. The number of aromatic hydroxyl groups is 1. The average Bonchev–Trinajstić information content (AvgIpc) is 2.60. The largest absolute Gasteiger partial charge is 0.508 e. The fourth-order valence-corrected chi connectivity index (χ4v) is 1.69. The summed E-state index contributed by atoms with van der Waals surface area (Å²) >= 11 is 0. The molecule has 2 rings (SSSR count). The molecule has 2 aromatic rings. The SMILES string of the molecule is C=c1[nH]n(CCO)c(=O)c1=Cc1ccc(O)cc1. The minimum absolute atomic E-state index is 0.113. The van der Waals surface area contributed by atoms with Crippen molar-refractivity contribution >= 4 is 12.7 Å². The Morgan fingerprint density at radius 2 is 2.00 bits per heavy atom. The van der Waals surface area contributed by atoms with Gasteiger partial charge in [-0.1, -0.05) is 18.7 Å². The summed E-state index contributed by atoms with van der Waals surface area (Å²) in [5.74, 6) is 0.175. The number of aliphatic hydroxyl groups excluding tert-OH is 1. The molecule has 0 atom stereocenters. The highest BCUT2D eigenvalue weighted by Crippen LogP contribution is 2.09. The molecule has 18 heavy (non-hydrogen) atoms. The summed E-state index contributed by atoms with van der Waals surface area (Å²) in [6.07, 6.45) is 1.69. The highest BCUT2D eigenvalue weighted by Gasteiger charge is 2.01. The molecule has 0 aliphatic carbocycles. The summed E-state index contributed by atoms with van der Waals surface area (Å²) in [5.41, 5.74) is 0.576. The van der Waals surface area contributed by atoms with Crippen LogP contribution in [0.4, 0.5) is 0 Å². The fraction of sp³-hybridized carbons (Fsp3) is 0.154. The van der Waals surface area contributed by atoms with Crippen LogP contribution in [0.1, 0.15) is 5.56 Å². The molecule has 0 saturated carbocycles. The maximum atomic E-state index is 12.0. The van der Waals surface area contributed by atoms with E-state index in [0.717, 1.165) is 5.56 Å². The van der Waals surface area contributed by atoms with Gasteiger partial charge in [-0.25, -0.2) is 4.68 Å². The Morgan fingerprint density at radius 3 is 2.61 bits per heavy atom. The van der Waals surface area contributed by atoms with E-state index >= 15 is 0 Å². The predicted molar refractivity (Wildman–Crippen MR) is 68.6 cm³/mol. The third kappa shape index (κ3) is 2.36. The molecule has 5 heteroatoms. The predicted octanol–water partition coefficient (Wildman–Crippen LogP) is -0.887. The Hall–Kier alpha value is -2.27. The molecule has 94 valence electrons. The molecular formula is C13H14N2O3. The van der Waals surface area contributed by atoms with Crippen LogP contribution in [0.2, 0.25) is 0 Å². The highest BCUT2D eigenvalue weighted by atomic mass is 16.3. The lowest BCUT2D eigenvalue weighted by Crippen LogP contribution is -2.34. The summed E-state index contributed by atoms with van der Waals surface area (Å²) in [7, 11) is 0. The topological polar surface area (TPSA) is 78.2 Å². The molecule has 0 radical (unpaired) electrons. The third-order valence-electron chi connectivity index (χ3n) is 2.60. The van der Waals surface area contributed by atoms with Gasteiger partial charge in [0, 0.05) is 0 Å². The first-order valence-corrected chi connectivity index (χ1v) is 5.51. The van der Waals surface area contributed by atoms with Crippen molar-refractivity contribution in [3.05, 3.63) is 50.8 Å². The van der Waals surface area contributed by atoms with Gasteiger partial charge in [-0.15, -0.1) is 0 Å². The number of phenolic OH excluding ortho intramolecular Hbond substituents is 1. The molecule has 3 N–H and O–H groups in total. The Bertz CT molecular complexity index is 695. The summed E-state index contributed by atoms with van der Waals surface area (Å²) in [6.45, 7) is 3.86. The van der Waals surface area contributed by atoms with Gasteiger partial charge in [0.15, 0.2) is 0 Å². The number of aromatic amines is 1. The second kappa shape index (κ2) is 4.93. The molecule has 0 fully saturated rings. The van der Waals surface area contributed by atoms with E-state index in [4.69, 9.17) is 5.11 Å². The van der Waals surface area contributed by atoms with Gasteiger partial charge >= 0.3 is 0 Å². The van der Waals surface area contributed by atoms with Crippen LogP contribution in [-0.2, 0) is 6.54 Å². The van der Waals surface area contributed by atoms with E-state index in [9.17, 15) is 9.90 Å². The van der Waals surface area contributed by atoms with Crippen molar-refractivity contribution in [3.8, 4) is 5.75 Å². The average molecular weight is 246 g/mol. The zero-order valence-electron chi connectivity index (χ0n) is 9.76. The second-order valence-corrected chi connectivity index (χ2v) is 3.92. The van der Waals surface area contributed by atoms with Gasteiger partial charge < -0.3 is 10.2 Å². The number of benzene rings is 1. The van der Waals surface area contributed by atoms with E-state index in [1.165, 1.54) is 4.68 Å². The van der Waals surface area contributed by atoms with Gasteiger partial charge in [-0.2, -0.15) is 0 Å². The van der Waals surface area contributed by atoms with E-state index in [-0.39, 0.29) is 24.5 Å². The Morgan fingerprint density at radius 1 is 1.33 bits per heavy atom. The number of nitrogens with zero attached hydrogens (tertiary/aromatic N) is 1. The van der Waals surface area contributed by atoms with Gasteiger partial charge in [-0.05, 0) is 23.8 Å². The quantitative estimate of drug-likeness (QED) is 0.657. The number of hydrogen-bond acceptors (Lipinski definition) is 3. The van der Waals surface area contributed by atoms with Crippen LogP contribution < -0.4 is 16.1 Å². The van der Waals surface area contributed by atoms with Crippen molar-refractivity contribution in [2.75, 3.05) is 6.61 Å². The first kappa shape index (κ1) is 12.2. The van der Waals surface area contributed by atoms with Crippen molar-refractivity contribution in [2.45, 2.75) is 6.54 Å². The molecule has 0 aliphatic heterocycles. The summed E-state index contributed by atoms with van der Waals surface area (Å²) in [4.78, 5) is 12.0. The van der Waals surface area contributed by atoms with Crippen LogP contribution in [0.5, 0.6) is 5.75 Å². The maximum absolute atomic E-state index is 12.0. The number of aromatic nitrogens is 2. The van der Waals surface area contributed by atoms with Crippen LogP contribution in [0, 0.1) is 0 Å². The molecule has 0 unspecified atom stereocenters. The summed E-state index contributed by atoms with van der Waals surface area (Å²) < 4.78 is 1.31. The lowest BCUT2D eigenvalue weighted by molar-refractivity contribution is 0.267. The smallest absolute Gasteiger partial charge is 0.274 e. The maximum Gasteiger partial charge on any atom is 0.274 e. The molecule has 1 aromatic carbocycles. The Balaban J connectivity index is 2.54. The first-order valence-electron chi connectivity index (χ1n) is 5.51. The molecule has 0 amide bonds. The molecule has 0 saturated heterocycles. The molecule has 5 nitrogen and oxygen atoms in total. The monoisotopic (exact) mass is 246 g/mol. The van der Waals surface area contributed by atoms with E-state index < -0.39 is 0 Å². The molecule has 1 aromatic heterocycles. The standard InChI is InChI=1S/C13H14N2O3/c1-9-12(13(18)15(14-9)6-7-16)8-10-2-4-11(17)5-3-10/h2-5,8,14,16-17H,1,6-7H2. The van der Waals surface area contributed by atoms with E-state index in [0.29, 0.717) is 10.6 Å². The van der Waals surface area contributed by atoms with E-state index in [1.807, 2.05) is 0 Å². The van der Waals surface area contributed by atoms with Gasteiger partial charge in [0.25, 0.3) is 5.56 Å². The lowest BCUT2D eigenvalue weighted by atomic mass is 10.2. The van der Waals surface area contributed by atoms with E-state index in [2.05, 4.69) is 11.7 Å². The zero-order valence-corrected chi connectivity index (χ0v) is 9.76. The number of nitrogens with one attached hydrogen (secondary N) is 1. The lowest BCUT2D eigenvalue weighted by Gasteiger charge is -1.94. The minimum atomic E-state index is -0.220. The molecule has 0 spiro atoms. The van der Waals surface area contributed by atoms with Crippen LogP contribution in [0.25, 0.3) is 12.7 Å². The highest BCUT2D eigenvalue weighted by molar-refractivity contribution is 5.50. The molecule has 0 bridgehead atoms. The molecule has 0 aliphatic rings. The number of aliphatic hydroxyl groups is 1. The number of H-pyrrole nitrogens is 1. The van der Waals surface area contributed by atoms with Gasteiger partial charge in [-0.3, -0.25) is 9.89 Å². The van der Waals surface area contributed by atoms with Crippen LogP contribution >= 0.6 is 0 Å². The first-order chi connectivity index (χ1) is 8.61. The normalized spacial score (nSPS) is 11.9. The Kier molecular flexibility index (Phi) is 3.34. The van der Waals surface area contributed by atoms with Crippen molar-refractivity contribution in [3.63, 3.8) is 0 Å². The van der Waals surface area contributed by atoms with Gasteiger partial charge in [0.2, 0.25) is 0 Å². The number of phenols is 1. The Labute approximate surface area is 103 Å². The number of hydrogen-bond donors (Lipinski definition) is 3. The van der Waals surface area contributed by atoms with Crippen molar-refractivity contribution in [1.29, 1.82) is 0 Å². The molecular weight excluding hydrogens is 232 g/mol. The fourth-order valence-electron chi connectivity index (χ4n) is 1.69. The van der Waals surface area contributed by atoms with Gasteiger partial charge in [0.05, 0.1) is 23.7 Å². The van der Waals surface area contributed by atoms with Crippen LogP contribution in [0.15, 0.2) is 29.1 Å². The minimum Gasteiger partial charge on any atom is -0.508 e. The van der Waals surface area contributed by atoms with Crippen LogP contribution in [-0.4, -0.2) is 26.6 Å². The second-order valence-electron chi connectivity index (χ2n) is 3.92. The molecule has 1 heterocycles. The zero-order chi connectivity index (χ0) is 13.1. The van der Waals surface area contributed by atoms with E-state index in [1.54, 1.807) is 30.3 Å². The number of rotatable bonds is 3. The van der Waals surface area contributed by atoms with Crippen molar-refractivity contribution in [2.24, 2.45) is 0 Å². The van der Waals surface area contributed by atoms with Gasteiger partial charge in [0.1, 0.15) is 5.75 Å². The van der Waals surface area contributed by atoms with Crippen molar-refractivity contribution in [1.82, 2.24) is 9.78 Å². The summed E-state index contributed by atoms with van der Waals surface area (Å²) in [5, 5.41) is 21.8. The van der Waals surface area contributed by atoms with Crippen molar-refractivity contribution < 1.29 is 10.2 Å². The van der Waals surface area contributed by atoms with Crippen LogP contribution in [0.3, 0.4) is 0 Å².